The second-order valence-corrected chi connectivity index (χ2v) is 2.11. The number of nitrogens with one attached hydrogen (secondary N) is 1. The van der Waals surface area contributed by atoms with E-state index in [4.69, 9.17) is 5.73 Å². The minimum Gasteiger partial charge on any atom is -0.327 e. The fourth-order valence-electron chi connectivity index (χ4n) is 0.879. The van der Waals surface area contributed by atoms with Gasteiger partial charge < -0.3 is 11.1 Å². The fourth-order valence-corrected chi connectivity index (χ4v) is 0.879. The molecule has 0 unspecified atom stereocenters. The van der Waals surface area contributed by atoms with Gasteiger partial charge in [-0.1, -0.05) is 0 Å². The normalized spacial score (nSPS) is 25.7. The summed E-state index contributed by atoms with van der Waals surface area (Å²) in [4.78, 5) is 0. The Labute approximate surface area is 68.4 Å². The van der Waals surface area contributed by atoms with E-state index < -0.39 is 0 Å². The van der Waals surface area contributed by atoms with E-state index in [1.807, 2.05) is 0 Å². The van der Waals surface area contributed by atoms with Crippen molar-refractivity contribution in [2.75, 3.05) is 13.1 Å². The molecule has 1 atom stereocenters. The number of hydrogen-bond donors (Lipinski definition) is 2. The lowest BCUT2D eigenvalue weighted by atomic mass is 10.1. The molecule has 1 aliphatic heterocycles. The molecule has 0 radical (unpaired) electrons. The van der Waals surface area contributed by atoms with Gasteiger partial charge in [0.2, 0.25) is 0 Å². The van der Waals surface area contributed by atoms with Crippen LogP contribution in [0.25, 0.3) is 0 Å². The Morgan fingerprint density at radius 2 is 2.00 bits per heavy atom. The van der Waals surface area contributed by atoms with Crippen LogP contribution in [0.3, 0.4) is 0 Å². The maximum absolute atomic E-state index is 5.57. The summed E-state index contributed by atoms with van der Waals surface area (Å²) >= 11 is 0. The Morgan fingerprint density at radius 1 is 1.33 bits per heavy atom. The van der Waals surface area contributed by atoms with Crippen LogP contribution in [0.4, 0.5) is 0 Å². The minimum absolute atomic E-state index is 0. The van der Waals surface area contributed by atoms with Crippen LogP contribution >= 0.6 is 24.8 Å². The van der Waals surface area contributed by atoms with E-state index >= 15 is 0 Å². The molecule has 9 heavy (non-hydrogen) atoms. The van der Waals surface area contributed by atoms with Gasteiger partial charge in [-0.25, -0.2) is 0 Å². The third-order valence-electron chi connectivity index (χ3n) is 1.33. The molecule has 3 N–H and O–H groups in total. The molecule has 0 aromatic heterocycles. The Bertz CT molecular complexity index is 54.9. The summed E-state index contributed by atoms with van der Waals surface area (Å²) in [6, 6.07) is 0.425. The highest BCUT2D eigenvalue weighted by Gasteiger charge is 2.05. The molecule has 1 aliphatic rings. The summed E-state index contributed by atoms with van der Waals surface area (Å²) in [7, 11) is 0. The van der Waals surface area contributed by atoms with Gasteiger partial charge in [0.05, 0.1) is 0 Å². The first-order valence-electron chi connectivity index (χ1n) is 2.86. The van der Waals surface area contributed by atoms with Gasteiger partial charge in [0.15, 0.2) is 0 Å². The molecule has 1 saturated heterocycles. The molecule has 1 rings (SSSR count). The van der Waals surface area contributed by atoms with Crippen LogP contribution in [0.2, 0.25) is 0 Å². The Morgan fingerprint density at radius 3 is 2.22 bits per heavy atom. The average Bonchev–Trinajstić information content (AvgIpc) is 1.69. The summed E-state index contributed by atoms with van der Waals surface area (Å²) in [5.41, 5.74) is 5.57. The number of piperidine rings is 1. The van der Waals surface area contributed by atoms with Crippen molar-refractivity contribution in [3.05, 3.63) is 0 Å². The van der Waals surface area contributed by atoms with Crippen LogP contribution in [0.5, 0.6) is 0 Å². The number of nitrogens with two attached hydrogens (primary N) is 1. The summed E-state index contributed by atoms with van der Waals surface area (Å²) in [5, 5.41) is 3.21. The molecule has 0 saturated carbocycles. The fraction of sp³-hybridized carbons (Fsp3) is 1.00. The number of halogens is 2. The maximum Gasteiger partial charge on any atom is 0.0165 e. The van der Waals surface area contributed by atoms with Crippen molar-refractivity contribution < 1.29 is 0 Å². The van der Waals surface area contributed by atoms with E-state index in [0.717, 1.165) is 13.1 Å². The van der Waals surface area contributed by atoms with Gasteiger partial charge in [0, 0.05) is 12.6 Å². The lowest BCUT2D eigenvalue weighted by molar-refractivity contribution is 0.459. The van der Waals surface area contributed by atoms with Crippen molar-refractivity contribution in [3.63, 3.8) is 0 Å². The lowest BCUT2D eigenvalue weighted by Gasteiger charge is -2.17. The molecular weight excluding hydrogens is 159 g/mol. The number of rotatable bonds is 0. The van der Waals surface area contributed by atoms with Gasteiger partial charge >= 0.3 is 0 Å². The molecule has 4 heteroatoms. The predicted molar refractivity (Wildman–Crippen MR) is 44.6 cm³/mol. The molecule has 0 aromatic carbocycles. The first kappa shape index (κ1) is 12.2. The zero-order valence-corrected chi connectivity index (χ0v) is 6.93. The Hall–Kier alpha value is 0.500. The summed E-state index contributed by atoms with van der Waals surface area (Å²) < 4.78 is 0. The van der Waals surface area contributed by atoms with E-state index in [1.54, 1.807) is 0 Å². The van der Waals surface area contributed by atoms with Gasteiger partial charge in [-0.15, -0.1) is 24.8 Å². The van der Waals surface area contributed by atoms with Crippen molar-refractivity contribution in [1.82, 2.24) is 5.32 Å². The smallest absolute Gasteiger partial charge is 0.0165 e. The predicted octanol–water partition coefficient (Wildman–Crippen LogP) is 0.541. The highest BCUT2D eigenvalue weighted by molar-refractivity contribution is 5.85. The first-order valence-corrected chi connectivity index (χ1v) is 2.86. The van der Waals surface area contributed by atoms with Crippen molar-refractivity contribution in [3.8, 4) is 0 Å². The summed E-state index contributed by atoms with van der Waals surface area (Å²) in [6.45, 7) is 2.17. The molecular formula is C5H14Cl2N2. The highest BCUT2D eigenvalue weighted by atomic mass is 35.5. The monoisotopic (exact) mass is 172 g/mol. The topological polar surface area (TPSA) is 38.0 Å². The van der Waals surface area contributed by atoms with Crippen molar-refractivity contribution in [2.24, 2.45) is 5.73 Å². The zero-order chi connectivity index (χ0) is 5.11. The van der Waals surface area contributed by atoms with Crippen LogP contribution in [-0.4, -0.2) is 19.1 Å². The lowest BCUT2D eigenvalue weighted by Crippen LogP contribution is -2.39. The van der Waals surface area contributed by atoms with Gasteiger partial charge in [0.1, 0.15) is 0 Å². The van der Waals surface area contributed by atoms with E-state index in [0.29, 0.717) is 6.04 Å². The van der Waals surface area contributed by atoms with Crippen LogP contribution in [0, 0.1) is 0 Å². The minimum atomic E-state index is 0. The van der Waals surface area contributed by atoms with Crippen LogP contribution < -0.4 is 11.1 Å². The van der Waals surface area contributed by atoms with Gasteiger partial charge in [0.25, 0.3) is 0 Å². The second kappa shape index (κ2) is 6.62. The van der Waals surface area contributed by atoms with Crippen LogP contribution in [0.15, 0.2) is 0 Å². The maximum atomic E-state index is 5.57. The van der Waals surface area contributed by atoms with Crippen LogP contribution in [0.1, 0.15) is 12.8 Å². The molecule has 2 nitrogen and oxygen atoms in total. The standard InChI is InChI=1S/C5H12N2.2ClH/c6-5-2-1-3-7-4-5;;/h5,7H,1-4,6H2;2*1H/t5-;;/m0../s1. The molecule has 0 bridgehead atoms. The molecule has 0 amide bonds. The van der Waals surface area contributed by atoms with Gasteiger partial charge in [-0.3, -0.25) is 0 Å². The van der Waals surface area contributed by atoms with E-state index in [9.17, 15) is 0 Å². The third kappa shape index (κ3) is 4.97. The largest absolute Gasteiger partial charge is 0.327 e. The molecule has 58 valence electrons. The Kier molecular flexibility index (Phi) is 8.97. The van der Waals surface area contributed by atoms with Crippen molar-refractivity contribution in [1.29, 1.82) is 0 Å². The van der Waals surface area contributed by atoms with E-state index in [2.05, 4.69) is 5.32 Å². The second-order valence-electron chi connectivity index (χ2n) is 2.11. The zero-order valence-electron chi connectivity index (χ0n) is 5.30. The molecule has 0 spiro atoms. The molecule has 1 heterocycles. The highest BCUT2D eigenvalue weighted by Crippen LogP contribution is 1.96. The quantitative estimate of drug-likeness (QED) is 0.561. The summed E-state index contributed by atoms with van der Waals surface area (Å²) in [5.74, 6) is 0. The Balaban J connectivity index is 0. The molecule has 1 fully saturated rings. The SMILES string of the molecule is Cl.Cl.N[C@H]1CCCNC1. The van der Waals surface area contributed by atoms with E-state index in [-0.39, 0.29) is 24.8 Å². The van der Waals surface area contributed by atoms with Crippen molar-refractivity contribution in [2.45, 2.75) is 18.9 Å². The van der Waals surface area contributed by atoms with Crippen molar-refractivity contribution >= 4 is 24.8 Å². The number of hydrogen-bond acceptors (Lipinski definition) is 2. The van der Waals surface area contributed by atoms with Crippen LogP contribution in [-0.2, 0) is 0 Å². The first-order chi connectivity index (χ1) is 3.39. The summed E-state index contributed by atoms with van der Waals surface area (Å²) in [6.07, 6.45) is 2.45. The molecule has 0 aromatic rings. The van der Waals surface area contributed by atoms with Gasteiger partial charge in [-0.2, -0.15) is 0 Å². The van der Waals surface area contributed by atoms with E-state index in [1.165, 1.54) is 12.8 Å². The molecule has 0 aliphatic carbocycles. The third-order valence-corrected chi connectivity index (χ3v) is 1.33. The van der Waals surface area contributed by atoms with Gasteiger partial charge in [-0.05, 0) is 19.4 Å². The average molecular weight is 173 g/mol.